The quantitative estimate of drug-likeness (QED) is 0.329. The first-order valence-corrected chi connectivity index (χ1v) is 13.8. The number of nitrogens with zero attached hydrogens (tertiary/aromatic N) is 1. The van der Waals surface area contributed by atoms with Crippen LogP contribution in [0.2, 0.25) is 0 Å². The summed E-state index contributed by atoms with van der Waals surface area (Å²) in [5, 5.41) is 9.47. The fourth-order valence-corrected chi connectivity index (χ4v) is 6.58. The molecule has 0 radical (unpaired) electrons. The van der Waals surface area contributed by atoms with E-state index in [0.717, 1.165) is 24.7 Å². The minimum Gasteiger partial charge on any atom is -0.198 e. The monoisotopic (exact) mass is 457 g/mol. The van der Waals surface area contributed by atoms with E-state index in [1.807, 2.05) is 0 Å². The summed E-state index contributed by atoms with van der Waals surface area (Å²) in [6.45, 7) is 14.2. The molecule has 0 aromatic heterocycles. The highest BCUT2D eigenvalue weighted by atomic mass is 14.5. The average molecular weight is 458 g/mol. The molecule has 0 aliphatic heterocycles. The second-order valence-corrected chi connectivity index (χ2v) is 12.0. The smallest absolute Gasteiger partial charge is 0.0627 e. The van der Waals surface area contributed by atoms with E-state index in [1.54, 1.807) is 11.1 Å². The molecule has 6 unspecified atom stereocenters. The first kappa shape index (κ1) is 26.5. The van der Waals surface area contributed by atoms with Crippen LogP contribution < -0.4 is 0 Å². The largest absolute Gasteiger partial charge is 0.198 e. The van der Waals surface area contributed by atoms with Crippen molar-refractivity contribution in [2.75, 3.05) is 0 Å². The standard InChI is InChI=1S/C33H47N/c1-7-25(3)26(4)22-29(27-14-10-9-11-15-27)23-28-18-19-33(6,24-32(5,8-2)20-21-34)31-17-13-12-16-30(28)31/h9-17,25-26,28-29H,7-8,18-20,22-24H2,1-6H3. The molecule has 3 rings (SSSR count). The number of fused-ring (bicyclic) bond motifs is 1. The normalized spacial score (nSPS) is 24.3. The van der Waals surface area contributed by atoms with E-state index in [-0.39, 0.29) is 10.8 Å². The van der Waals surface area contributed by atoms with Gasteiger partial charge in [0.1, 0.15) is 0 Å². The van der Waals surface area contributed by atoms with Crippen molar-refractivity contribution in [1.82, 2.24) is 0 Å². The van der Waals surface area contributed by atoms with Crippen LogP contribution >= 0.6 is 0 Å². The Hall–Kier alpha value is -2.07. The second-order valence-electron chi connectivity index (χ2n) is 12.0. The van der Waals surface area contributed by atoms with Gasteiger partial charge in [-0.3, -0.25) is 0 Å². The minimum absolute atomic E-state index is 0.0851. The summed E-state index contributed by atoms with van der Waals surface area (Å²) < 4.78 is 0. The van der Waals surface area contributed by atoms with Gasteiger partial charge in [0.2, 0.25) is 0 Å². The third kappa shape index (κ3) is 6.13. The van der Waals surface area contributed by atoms with Gasteiger partial charge in [-0.05, 0) is 89.7 Å². The van der Waals surface area contributed by atoms with Crippen LogP contribution in [0.1, 0.15) is 121 Å². The highest BCUT2D eigenvalue weighted by Gasteiger charge is 2.41. The van der Waals surface area contributed by atoms with E-state index in [0.29, 0.717) is 18.3 Å². The number of hydrogen-bond acceptors (Lipinski definition) is 1. The third-order valence-corrected chi connectivity index (χ3v) is 9.38. The van der Waals surface area contributed by atoms with Gasteiger partial charge in [0.05, 0.1) is 6.07 Å². The van der Waals surface area contributed by atoms with Gasteiger partial charge in [-0.25, -0.2) is 0 Å². The van der Waals surface area contributed by atoms with Gasteiger partial charge >= 0.3 is 0 Å². The molecule has 1 nitrogen and oxygen atoms in total. The molecule has 6 atom stereocenters. The van der Waals surface area contributed by atoms with E-state index in [4.69, 9.17) is 0 Å². The Morgan fingerprint density at radius 1 is 1.03 bits per heavy atom. The molecule has 0 heterocycles. The summed E-state index contributed by atoms with van der Waals surface area (Å²) >= 11 is 0. The maximum Gasteiger partial charge on any atom is 0.0627 e. The molecule has 0 saturated carbocycles. The zero-order valence-corrected chi connectivity index (χ0v) is 22.6. The van der Waals surface area contributed by atoms with E-state index in [9.17, 15) is 5.26 Å². The molecule has 184 valence electrons. The van der Waals surface area contributed by atoms with Crippen LogP contribution in [0.5, 0.6) is 0 Å². The van der Waals surface area contributed by atoms with Crippen molar-refractivity contribution in [3.8, 4) is 6.07 Å². The maximum absolute atomic E-state index is 9.47. The molecule has 0 amide bonds. The molecule has 0 bridgehead atoms. The molecule has 1 aliphatic rings. The summed E-state index contributed by atoms with van der Waals surface area (Å²) in [5.74, 6) is 2.71. The van der Waals surface area contributed by atoms with Gasteiger partial charge in [0.15, 0.2) is 0 Å². The van der Waals surface area contributed by atoms with Crippen molar-refractivity contribution in [1.29, 1.82) is 5.26 Å². The van der Waals surface area contributed by atoms with Crippen LogP contribution in [-0.2, 0) is 5.41 Å². The van der Waals surface area contributed by atoms with Crippen molar-refractivity contribution >= 4 is 0 Å². The van der Waals surface area contributed by atoms with Gasteiger partial charge in [-0.15, -0.1) is 0 Å². The number of nitriles is 1. The van der Waals surface area contributed by atoms with E-state index < -0.39 is 0 Å². The zero-order valence-electron chi connectivity index (χ0n) is 22.6. The third-order valence-electron chi connectivity index (χ3n) is 9.38. The zero-order chi connectivity index (χ0) is 24.8. The maximum atomic E-state index is 9.47. The van der Waals surface area contributed by atoms with Crippen molar-refractivity contribution in [3.05, 3.63) is 71.3 Å². The molecule has 34 heavy (non-hydrogen) atoms. The second kappa shape index (κ2) is 11.6. The van der Waals surface area contributed by atoms with E-state index >= 15 is 0 Å². The Bertz CT molecular complexity index is 941. The Balaban J connectivity index is 1.90. The van der Waals surface area contributed by atoms with Gasteiger partial charge < -0.3 is 0 Å². The first-order chi connectivity index (χ1) is 16.2. The number of rotatable bonds is 11. The summed E-state index contributed by atoms with van der Waals surface area (Å²) in [6.07, 6.45) is 9.04. The lowest BCUT2D eigenvalue weighted by Crippen LogP contribution is -2.35. The number of hydrogen-bond donors (Lipinski definition) is 0. The van der Waals surface area contributed by atoms with Gasteiger partial charge in [0, 0.05) is 6.42 Å². The molecule has 0 spiro atoms. The van der Waals surface area contributed by atoms with Crippen LogP contribution in [0.25, 0.3) is 0 Å². The summed E-state index contributed by atoms with van der Waals surface area (Å²) in [4.78, 5) is 0. The Labute approximate surface area is 210 Å². The molecule has 0 fully saturated rings. The van der Waals surface area contributed by atoms with Crippen molar-refractivity contribution in [3.63, 3.8) is 0 Å². The van der Waals surface area contributed by atoms with Crippen LogP contribution in [0.4, 0.5) is 0 Å². The van der Waals surface area contributed by atoms with Gasteiger partial charge in [0.25, 0.3) is 0 Å². The van der Waals surface area contributed by atoms with Crippen LogP contribution in [0.15, 0.2) is 54.6 Å². The predicted molar refractivity (Wildman–Crippen MR) is 146 cm³/mol. The molecule has 0 saturated heterocycles. The summed E-state index contributed by atoms with van der Waals surface area (Å²) in [7, 11) is 0. The summed E-state index contributed by atoms with van der Waals surface area (Å²) in [6, 6.07) is 23.0. The highest BCUT2D eigenvalue weighted by molar-refractivity contribution is 5.40. The van der Waals surface area contributed by atoms with E-state index in [2.05, 4.69) is 102 Å². The van der Waals surface area contributed by atoms with Crippen LogP contribution in [0.3, 0.4) is 0 Å². The van der Waals surface area contributed by atoms with Crippen molar-refractivity contribution < 1.29 is 0 Å². The topological polar surface area (TPSA) is 23.8 Å². The lowest BCUT2D eigenvalue weighted by atomic mass is 9.59. The average Bonchev–Trinajstić information content (AvgIpc) is 2.85. The van der Waals surface area contributed by atoms with Crippen LogP contribution in [0, 0.1) is 28.6 Å². The van der Waals surface area contributed by atoms with Gasteiger partial charge in [-0.1, -0.05) is 103 Å². The first-order valence-electron chi connectivity index (χ1n) is 13.8. The minimum atomic E-state index is 0.0851. The van der Waals surface area contributed by atoms with Crippen LogP contribution in [-0.4, -0.2) is 0 Å². The SMILES string of the molecule is CCC(C)C(C)CC(CC1CCC(C)(CC(C)(CC)CC#N)c2ccccc21)c1ccccc1. The molecule has 2 aromatic carbocycles. The molecule has 1 heteroatoms. The Morgan fingerprint density at radius 2 is 1.71 bits per heavy atom. The molecular weight excluding hydrogens is 410 g/mol. The summed E-state index contributed by atoms with van der Waals surface area (Å²) in [5.41, 5.74) is 4.87. The number of benzene rings is 2. The lowest BCUT2D eigenvalue weighted by molar-refractivity contribution is 0.190. The predicted octanol–water partition coefficient (Wildman–Crippen LogP) is 9.79. The molecule has 2 aromatic rings. The fraction of sp³-hybridized carbons (Fsp3) is 0.606. The van der Waals surface area contributed by atoms with Crippen molar-refractivity contribution in [2.45, 2.75) is 110 Å². The Kier molecular flexibility index (Phi) is 9.03. The fourth-order valence-electron chi connectivity index (χ4n) is 6.58. The van der Waals surface area contributed by atoms with Gasteiger partial charge in [-0.2, -0.15) is 5.26 Å². The highest BCUT2D eigenvalue weighted by Crippen LogP contribution is 2.52. The Morgan fingerprint density at radius 3 is 2.35 bits per heavy atom. The molecule has 0 N–H and O–H groups in total. The lowest BCUT2D eigenvalue weighted by Gasteiger charge is -2.45. The molecule has 1 aliphatic carbocycles. The van der Waals surface area contributed by atoms with Crippen molar-refractivity contribution in [2.24, 2.45) is 17.3 Å². The molecular formula is C33H47N. The van der Waals surface area contributed by atoms with E-state index in [1.165, 1.54) is 37.7 Å².